The Bertz CT molecular complexity index is 812. The van der Waals surface area contributed by atoms with Crippen LogP contribution in [-0.4, -0.2) is 47.0 Å². The number of aromatic nitrogens is 2. The number of pyridine rings is 1. The summed E-state index contributed by atoms with van der Waals surface area (Å²) < 4.78 is 54.1. The van der Waals surface area contributed by atoms with Crippen LogP contribution >= 0.6 is 22.6 Å². The van der Waals surface area contributed by atoms with Crippen LogP contribution in [0.15, 0.2) is 18.3 Å². The Labute approximate surface area is 160 Å². The first kappa shape index (κ1) is 19.3. The highest BCUT2D eigenvalue weighted by Gasteiger charge is 2.33. The van der Waals surface area contributed by atoms with Crippen molar-refractivity contribution in [2.24, 2.45) is 5.92 Å². The highest BCUT2D eigenvalue weighted by atomic mass is 127. The van der Waals surface area contributed by atoms with Crippen molar-refractivity contribution >= 4 is 34.0 Å². The Balaban J connectivity index is 1.93. The second-order valence-electron chi connectivity index (χ2n) is 6.47. The minimum absolute atomic E-state index is 0.0105. The fraction of sp³-hybridized carbons (Fsp3) is 0.500. The van der Waals surface area contributed by atoms with E-state index in [1.54, 1.807) is 0 Å². The minimum Gasteiger partial charge on any atom is -0.345 e. The molecule has 2 aromatic rings. The maximum Gasteiger partial charge on any atom is 0.393 e. The van der Waals surface area contributed by atoms with Crippen LogP contribution < -0.4 is 10.6 Å². The van der Waals surface area contributed by atoms with Crippen molar-refractivity contribution in [3.63, 3.8) is 0 Å². The van der Waals surface area contributed by atoms with E-state index in [0.29, 0.717) is 10.1 Å². The van der Waals surface area contributed by atoms with Crippen molar-refractivity contribution < 1.29 is 22.4 Å². The molecule has 5 nitrogen and oxygen atoms in total. The molecule has 0 saturated carbocycles. The lowest BCUT2D eigenvalue weighted by Gasteiger charge is -2.33. The van der Waals surface area contributed by atoms with Gasteiger partial charge in [0.25, 0.3) is 5.91 Å². The van der Waals surface area contributed by atoms with Crippen molar-refractivity contribution in [3.8, 4) is 0 Å². The third kappa shape index (κ3) is 4.11. The lowest BCUT2D eigenvalue weighted by Crippen LogP contribution is -2.55. The van der Waals surface area contributed by atoms with Crippen LogP contribution in [0.4, 0.5) is 17.6 Å². The summed E-state index contributed by atoms with van der Waals surface area (Å²) in [5.74, 6) is -0.670. The molecular weight excluding hydrogens is 467 g/mol. The zero-order valence-corrected chi connectivity index (χ0v) is 15.9. The van der Waals surface area contributed by atoms with Gasteiger partial charge in [0.2, 0.25) is 0 Å². The van der Waals surface area contributed by atoms with Crippen LogP contribution in [0.1, 0.15) is 23.0 Å². The third-order valence-electron chi connectivity index (χ3n) is 4.39. The average Bonchev–Trinajstić information content (AvgIpc) is 2.91. The molecule has 26 heavy (non-hydrogen) atoms. The summed E-state index contributed by atoms with van der Waals surface area (Å²) in [4.78, 5) is 12.7. The van der Waals surface area contributed by atoms with Gasteiger partial charge < -0.3 is 10.6 Å². The summed E-state index contributed by atoms with van der Waals surface area (Å²) in [5.41, 5.74) is 0.288. The lowest BCUT2D eigenvalue weighted by molar-refractivity contribution is -0.127. The van der Waals surface area contributed by atoms with Crippen molar-refractivity contribution in [1.82, 2.24) is 20.2 Å². The molecule has 1 fully saturated rings. The maximum atomic E-state index is 14.1. The highest BCUT2D eigenvalue weighted by Crippen LogP contribution is 2.26. The normalized spacial score (nSPS) is 24.0. The van der Waals surface area contributed by atoms with Gasteiger partial charge in [-0.05, 0) is 47.2 Å². The number of rotatable bonds is 3. The Kier molecular flexibility index (Phi) is 5.42. The van der Waals surface area contributed by atoms with E-state index in [4.69, 9.17) is 0 Å². The van der Waals surface area contributed by atoms with Crippen LogP contribution in [-0.2, 0) is 6.42 Å². The number of piperidine rings is 1. The molecule has 1 amide bonds. The zero-order chi connectivity index (χ0) is 19.1. The first-order chi connectivity index (χ1) is 12.2. The number of nitrogens with zero attached hydrogens (tertiary/aromatic N) is 2. The van der Waals surface area contributed by atoms with Crippen LogP contribution in [0.25, 0.3) is 5.52 Å². The van der Waals surface area contributed by atoms with Gasteiger partial charge in [0.1, 0.15) is 11.9 Å². The number of nitrogens with one attached hydrogen (secondary N) is 2. The summed E-state index contributed by atoms with van der Waals surface area (Å²) in [5, 5.41) is 9.55. The molecule has 2 N–H and O–H groups in total. The van der Waals surface area contributed by atoms with Crippen molar-refractivity contribution in [2.75, 3.05) is 13.1 Å². The molecule has 3 rings (SSSR count). The number of carbonyl (C=O) groups excluding carboxylic acids is 1. The molecule has 2 aromatic heterocycles. The van der Waals surface area contributed by atoms with Crippen LogP contribution in [0.3, 0.4) is 0 Å². The fourth-order valence-electron chi connectivity index (χ4n) is 3.13. The smallest absolute Gasteiger partial charge is 0.345 e. The SMILES string of the molecule is C[C@H]1CNC[C@H](F)[C@@H]1NC(=O)c1cc(I)cc2c(CC(F)(F)F)cnn12. The van der Waals surface area contributed by atoms with Gasteiger partial charge in [-0.2, -0.15) is 18.3 Å². The fourth-order valence-corrected chi connectivity index (χ4v) is 3.72. The summed E-state index contributed by atoms with van der Waals surface area (Å²) >= 11 is 1.93. The van der Waals surface area contributed by atoms with E-state index >= 15 is 0 Å². The standard InChI is InChI=1S/C16H17F4IN4O/c1-8-5-22-7-11(17)14(8)24-15(26)13-3-10(21)2-12-9(4-16(18,19)20)6-23-25(12)13/h2-3,6,8,11,14,22H,4-5,7H2,1H3,(H,24,26)/t8-,11-,14+/m0/s1. The molecule has 3 atom stereocenters. The summed E-state index contributed by atoms with van der Waals surface area (Å²) in [6, 6.07) is 2.39. The van der Waals surface area contributed by atoms with Crippen LogP contribution in [0.5, 0.6) is 0 Å². The van der Waals surface area contributed by atoms with Crippen LogP contribution in [0, 0.1) is 9.49 Å². The number of amides is 1. The zero-order valence-electron chi connectivity index (χ0n) is 13.8. The van der Waals surface area contributed by atoms with Gasteiger partial charge in [0, 0.05) is 15.7 Å². The molecule has 0 radical (unpaired) electrons. The molecule has 0 unspecified atom stereocenters. The summed E-state index contributed by atoms with van der Waals surface area (Å²) in [6.07, 6.45) is -5.63. The molecular formula is C16H17F4IN4O. The van der Waals surface area contributed by atoms with E-state index in [1.807, 2.05) is 29.5 Å². The Morgan fingerprint density at radius 2 is 2.15 bits per heavy atom. The maximum absolute atomic E-state index is 14.1. The van der Waals surface area contributed by atoms with Gasteiger partial charge in [-0.15, -0.1) is 0 Å². The van der Waals surface area contributed by atoms with Gasteiger partial charge in [-0.3, -0.25) is 4.79 Å². The third-order valence-corrected chi connectivity index (χ3v) is 5.02. The highest BCUT2D eigenvalue weighted by molar-refractivity contribution is 14.1. The molecule has 142 valence electrons. The molecule has 10 heteroatoms. The number of alkyl halides is 4. The first-order valence-corrected chi connectivity index (χ1v) is 9.12. The predicted molar refractivity (Wildman–Crippen MR) is 95.9 cm³/mol. The number of carbonyl (C=O) groups is 1. The van der Waals surface area contributed by atoms with E-state index in [-0.39, 0.29) is 29.2 Å². The van der Waals surface area contributed by atoms with Crippen molar-refractivity contribution in [3.05, 3.63) is 33.2 Å². The van der Waals surface area contributed by atoms with Crippen LogP contribution in [0.2, 0.25) is 0 Å². The second kappa shape index (κ2) is 7.29. The van der Waals surface area contributed by atoms with E-state index < -0.39 is 30.7 Å². The van der Waals surface area contributed by atoms with Crippen molar-refractivity contribution in [1.29, 1.82) is 0 Å². The molecule has 0 aliphatic carbocycles. The van der Waals surface area contributed by atoms with Gasteiger partial charge in [-0.25, -0.2) is 8.91 Å². The molecule has 1 saturated heterocycles. The monoisotopic (exact) mass is 484 g/mol. The average molecular weight is 484 g/mol. The Hall–Kier alpha value is -1.43. The van der Waals surface area contributed by atoms with Gasteiger partial charge in [0.15, 0.2) is 0 Å². The van der Waals surface area contributed by atoms with E-state index in [1.165, 1.54) is 16.6 Å². The summed E-state index contributed by atoms with van der Waals surface area (Å²) in [6.45, 7) is 2.54. The van der Waals surface area contributed by atoms with Gasteiger partial charge in [0.05, 0.1) is 24.2 Å². The first-order valence-electron chi connectivity index (χ1n) is 8.04. The number of hydrogen-bond acceptors (Lipinski definition) is 3. The predicted octanol–water partition coefficient (Wildman–Crippen LogP) is 2.72. The lowest BCUT2D eigenvalue weighted by atomic mass is 9.93. The molecule has 3 heterocycles. The molecule has 1 aliphatic heterocycles. The van der Waals surface area contributed by atoms with Crippen molar-refractivity contribution in [2.45, 2.75) is 31.7 Å². The molecule has 0 bridgehead atoms. The van der Waals surface area contributed by atoms with E-state index in [2.05, 4.69) is 15.7 Å². The number of fused-ring (bicyclic) bond motifs is 1. The number of halogens is 5. The van der Waals surface area contributed by atoms with Gasteiger partial charge >= 0.3 is 6.18 Å². The molecule has 1 aliphatic rings. The Morgan fingerprint density at radius 3 is 2.81 bits per heavy atom. The molecule has 0 spiro atoms. The van der Waals surface area contributed by atoms with Gasteiger partial charge in [-0.1, -0.05) is 6.92 Å². The largest absolute Gasteiger partial charge is 0.393 e. The van der Waals surface area contributed by atoms with E-state index in [0.717, 1.165) is 6.20 Å². The number of hydrogen-bond donors (Lipinski definition) is 2. The minimum atomic E-state index is -4.38. The second-order valence-corrected chi connectivity index (χ2v) is 7.71. The van der Waals surface area contributed by atoms with E-state index in [9.17, 15) is 22.4 Å². The molecule has 0 aromatic carbocycles. The quantitative estimate of drug-likeness (QED) is 0.521. The summed E-state index contributed by atoms with van der Waals surface area (Å²) in [7, 11) is 0. The topological polar surface area (TPSA) is 58.4 Å². The Morgan fingerprint density at radius 1 is 1.42 bits per heavy atom.